The Morgan fingerprint density at radius 3 is 2.04 bits per heavy atom. The molecule has 0 fully saturated rings. The Kier molecular flexibility index (Phi) is 5.77. The third kappa shape index (κ3) is 4.29. The van der Waals surface area contributed by atoms with E-state index < -0.39 is 0 Å². The van der Waals surface area contributed by atoms with Gasteiger partial charge in [-0.3, -0.25) is 4.79 Å². The van der Waals surface area contributed by atoms with Crippen LogP contribution < -0.4 is 14.8 Å². The number of carbonyl (C=O) groups is 1. The zero-order valence-corrected chi connectivity index (χ0v) is 15.7. The number of ether oxygens (including phenoxy) is 2. The largest absolute Gasteiger partial charge is 0.497 e. The number of hydrogen-bond donors (Lipinski definition) is 1. The molecular formula is C23H23NO3. The van der Waals surface area contributed by atoms with Gasteiger partial charge in [-0.15, -0.1) is 0 Å². The maximum Gasteiger partial charge on any atom is 0.252 e. The molecule has 3 aromatic rings. The van der Waals surface area contributed by atoms with Gasteiger partial charge < -0.3 is 14.8 Å². The number of aryl methyl sites for hydroxylation is 1. The smallest absolute Gasteiger partial charge is 0.252 e. The van der Waals surface area contributed by atoms with Crippen LogP contribution in [0.1, 0.15) is 33.1 Å². The van der Waals surface area contributed by atoms with E-state index in [0.29, 0.717) is 17.1 Å². The molecule has 0 aliphatic rings. The molecule has 0 saturated heterocycles. The predicted octanol–water partition coefficient (Wildman–Crippen LogP) is 4.53. The highest BCUT2D eigenvalue weighted by atomic mass is 16.5. The Balaban J connectivity index is 1.98. The van der Waals surface area contributed by atoms with Gasteiger partial charge >= 0.3 is 0 Å². The van der Waals surface area contributed by atoms with Gasteiger partial charge in [-0.1, -0.05) is 54.6 Å². The van der Waals surface area contributed by atoms with E-state index >= 15 is 0 Å². The highest BCUT2D eigenvalue weighted by Crippen LogP contribution is 2.27. The van der Waals surface area contributed by atoms with Crippen LogP contribution in [0.25, 0.3) is 0 Å². The third-order valence-corrected chi connectivity index (χ3v) is 4.52. The summed E-state index contributed by atoms with van der Waals surface area (Å²) in [5.74, 6) is 0.961. The van der Waals surface area contributed by atoms with E-state index in [1.54, 1.807) is 32.4 Å². The van der Waals surface area contributed by atoms with Crippen molar-refractivity contribution in [1.82, 2.24) is 5.32 Å². The lowest BCUT2D eigenvalue weighted by molar-refractivity contribution is 0.0942. The van der Waals surface area contributed by atoms with Crippen molar-refractivity contribution in [2.24, 2.45) is 0 Å². The molecule has 0 aliphatic heterocycles. The Bertz CT molecular complexity index is 900. The van der Waals surface area contributed by atoms with Gasteiger partial charge in [-0.25, -0.2) is 0 Å². The molecule has 27 heavy (non-hydrogen) atoms. The number of carbonyl (C=O) groups excluding carboxylic acids is 1. The van der Waals surface area contributed by atoms with Crippen LogP contribution in [0.3, 0.4) is 0 Å². The zero-order chi connectivity index (χ0) is 19.2. The summed E-state index contributed by atoms with van der Waals surface area (Å²) < 4.78 is 10.6. The first-order valence-electron chi connectivity index (χ1n) is 8.76. The fourth-order valence-electron chi connectivity index (χ4n) is 3.05. The summed E-state index contributed by atoms with van der Waals surface area (Å²) in [5, 5.41) is 3.16. The van der Waals surface area contributed by atoms with Crippen LogP contribution >= 0.6 is 0 Å². The molecule has 3 rings (SSSR count). The molecule has 0 unspecified atom stereocenters. The van der Waals surface area contributed by atoms with E-state index in [9.17, 15) is 4.79 Å². The molecular weight excluding hydrogens is 338 g/mol. The molecule has 0 bridgehead atoms. The van der Waals surface area contributed by atoms with E-state index in [1.165, 1.54) is 0 Å². The van der Waals surface area contributed by atoms with Crippen LogP contribution in [0.4, 0.5) is 0 Å². The molecule has 0 heterocycles. The third-order valence-electron chi connectivity index (χ3n) is 4.52. The van der Waals surface area contributed by atoms with Gasteiger partial charge in [0.1, 0.15) is 11.5 Å². The average molecular weight is 361 g/mol. The Morgan fingerprint density at radius 1 is 0.852 bits per heavy atom. The lowest BCUT2D eigenvalue weighted by atomic mass is 9.94. The minimum Gasteiger partial charge on any atom is -0.497 e. The van der Waals surface area contributed by atoms with Crippen LogP contribution in [0.15, 0.2) is 72.8 Å². The van der Waals surface area contributed by atoms with Crippen molar-refractivity contribution < 1.29 is 14.3 Å². The van der Waals surface area contributed by atoms with Gasteiger partial charge in [0.15, 0.2) is 0 Å². The number of benzene rings is 3. The van der Waals surface area contributed by atoms with E-state index in [-0.39, 0.29) is 11.9 Å². The highest BCUT2D eigenvalue weighted by molar-refractivity contribution is 5.95. The molecule has 1 amide bonds. The second-order valence-corrected chi connectivity index (χ2v) is 6.28. The topological polar surface area (TPSA) is 47.6 Å². The van der Waals surface area contributed by atoms with E-state index in [1.807, 2.05) is 61.5 Å². The van der Waals surface area contributed by atoms with Crippen molar-refractivity contribution in [3.8, 4) is 11.5 Å². The van der Waals surface area contributed by atoms with E-state index in [4.69, 9.17) is 9.47 Å². The van der Waals surface area contributed by atoms with Gasteiger partial charge in [0.05, 0.1) is 20.3 Å². The lowest BCUT2D eigenvalue weighted by Crippen LogP contribution is -2.29. The molecule has 1 N–H and O–H groups in total. The van der Waals surface area contributed by atoms with Crippen molar-refractivity contribution in [3.63, 3.8) is 0 Å². The van der Waals surface area contributed by atoms with E-state index in [0.717, 1.165) is 16.7 Å². The first-order valence-corrected chi connectivity index (χ1v) is 8.76. The quantitative estimate of drug-likeness (QED) is 0.702. The first kappa shape index (κ1) is 18.5. The van der Waals surface area contributed by atoms with Crippen molar-refractivity contribution >= 4 is 5.91 Å². The Labute approximate surface area is 159 Å². The SMILES string of the molecule is COc1cc(OC)cc(C(=O)N[C@H](c2ccccc2)c2ccccc2C)c1. The van der Waals surface area contributed by atoms with Gasteiger partial charge in [0.25, 0.3) is 5.91 Å². The fourth-order valence-corrected chi connectivity index (χ4v) is 3.05. The van der Waals surface area contributed by atoms with Crippen molar-refractivity contribution in [1.29, 1.82) is 0 Å². The second kappa shape index (κ2) is 8.41. The summed E-state index contributed by atoms with van der Waals surface area (Å²) in [6.45, 7) is 2.05. The Morgan fingerprint density at radius 2 is 1.44 bits per heavy atom. The molecule has 0 radical (unpaired) electrons. The lowest BCUT2D eigenvalue weighted by Gasteiger charge is -2.22. The van der Waals surface area contributed by atoms with Crippen LogP contribution in [0.5, 0.6) is 11.5 Å². The molecule has 3 aromatic carbocycles. The fraction of sp³-hybridized carbons (Fsp3) is 0.174. The number of amides is 1. The highest BCUT2D eigenvalue weighted by Gasteiger charge is 2.20. The van der Waals surface area contributed by atoms with Crippen molar-refractivity contribution in [2.45, 2.75) is 13.0 Å². The molecule has 4 heteroatoms. The summed E-state index contributed by atoms with van der Waals surface area (Å²) in [5.41, 5.74) is 3.69. The number of rotatable bonds is 6. The van der Waals surface area contributed by atoms with Crippen LogP contribution in [-0.2, 0) is 0 Å². The van der Waals surface area contributed by atoms with Crippen molar-refractivity contribution in [2.75, 3.05) is 14.2 Å². The maximum atomic E-state index is 13.0. The summed E-state index contributed by atoms with van der Waals surface area (Å²) in [6.07, 6.45) is 0. The van der Waals surface area contributed by atoms with Crippen LogP contribution in [-0.4, -0.2) is 20.1 Å². The van der Waals surface area contributed by atoms with Gasteiger partial charge in [0, 0.05) is 11.6 Å². The molecule has 1 atom stereocenters. The number of nitrogens with one attached hydrogen (secondary N) is 1. The van der Waals surface area contributed by atoms with Gasteiger partial charge in [0.2, 0.25) is 0 Å². The molecule has 0 saturated carbocycles. The molecule has 0 spiro atoms. The predicted molar refractivity (Wildman–Crippen MR) is 106 cm³/mol. The molecule has 0 aromatic heterocycles. The van der Waals surface area contributed by atoms with Crippen LogP contribution in [0, 0.1) is 6.92 Å². The zero-order valence-electron chi connectivity index (χ0n) is 15.7. The maximum absolute atomic E-state index is 13.0. The summed E-state index contributed by atoms with van der Waals surface area (Å²) >= 11 is 0. The number of methoxy groups -OCH3 is 2. The normalized spacial score (nSPS) is 11.5. The van der Waals surface area contributed by atoms with E-state index in [2.05, 4.69) is 5.32 Å². The minimum absolute atomic E-state index is 0.190. The number of hydrogen-bond acceptors (Lipinski definition) is 3. The first-order chi connectivity index (χ1) is 13.1. The summed E-state index contributed by atoms with van der Waals surface area (Å²) in [7, 11) is 3.13. The second-order valence-electron chi connectivity index (χ2n) is 6.28. The molecule has 4 nitrogen and oxygen atoms in total. The average Bonchev–Trinajstić information content (AvgIpc) is 2.72. The summed E-state index contributed by atoms with van der Waals surface area (Å²) in [6, 6.07) is 22.9. The monoisotopic (exact) mass is 361 g/mol. The van der Waals surface area contributed by atoms with Crippen LogP contribution in [0.2, 0.25) is 0 Å². The van der Waals surface area contributed by atoms with Gasteiger partial charge in [-0.2, -0.15) is 0 Å². The minimum atomic E-state index is -0.253. The summed E-state index contributed by atoms with van der Waals surface area (Å²) in [4.78, 5) is 13.0. The standard InChI is InChI=1S/C23H23NO3/c1-16-9-7-8-12-21(16)22(17-10-5-4-6-11-17)24-23(25)18-13-19(26-2)15-20(14-18)27-3/h4-15,22H,1-3H3,(H,24,25)/t22-/m1/s1. The van der Waals surface area contributed by atoms with Crippen molar-refractivity contribution in [3.05, 3.63) is 95.1 Å². The molecule has 138 valence electrons. The van der Waals surface area contributed by atoms with Gasteiger partial charge in [-0.05, 0) is 35.7 Å². The Hall–Kier alpha value is -3.27. The molecule has 0 aliphatic carbocycles.